The first-order chi connectivity index (χ1) is 12.8. The van der Waals surface area contributed by atoms with E-state index in [0.29, 0.717) is 25.9 Å². The summed E-state index contributed by atoms with van der Waals surface area (Å²) in [5.74, 6) is -0.693. The lowest BCUT2D eigenvalue weighted by molar-refractivity contribution is -0.0501. The van der Waals surface area contributed by atoms with Crippen LogP contribution in [0.25, 0.3) is 0 Å². The van der Waals surface area contributed by atoms with Crippen molar-refractivity contribution in [2.75, 3.05) is 18.0 Å². The molecule has 1 aromatic rings. The van der Waals surface area contributed by atoms with Gasteiger partial charge >= 0.3 is 21.7 Å². The highest BCUT2D eigenvalue weighted by molar-refractivity contribution is 7.87. The molecular formula is C15H21F3N4O5S. The number of hydrogen-bond donors (Lipinski definition) is 1. The molecule has 0 spiro atoms. The van der Waals surface area contributed by atoms with E-state index in [9.17, 15) is 26.4 Å². The third-order valence-electron chi connectivity index (χ3n) is 3.59. The fourth-order valence-corrected chi connectivity index (χ4v) is 2.80. The van der Waals surface area contributed by atoms with Gasteiger partial charge in [-0.15, -0.1) is 0 Å². The monoisotopic (exact) mass is 426 g/mol. The summed E-state index contributed by atoms with van der Waals surface area (Å²) in [6.45, 7) is 6.05. The van der Waals surface area contributed by atoms with E-state index in [1.165, 1.54) is 0 Å². The lowest BCUT2D eigenvalue weighted by Crippen LogP contribution is -2.46. The van der Waals surface area contributed by atoms with E-state index < -0.39 is 33.2 Å². The maximum atomic E-state index is 12.4. The van der Waals surface area contributed by atoms with Gasteiger partial charge in [0.25, 0.3) is 0 Å². The van der Waals surface area contributed by atoms with Gasteiger partial charge in [0.2, 0.25) is 11.8 Å². The number of rotatable bonds is 4. The number of aromatic nitrogens is 2. The number of piperidine rings is 1. The van der Waals surface area contributed by atoms with Crippen molar-refractivity contribution < 1.29 is 35.3 Å². The molecule has 0 radical (unpaired) electrons. The molecule has 1 aliphatic heterocycles. The normalized spacial score (nSPS) is 16.6. The molecule has 0 unspecified atom stereocenters. The van der Waals surface area contributed by atoms with E-state index in [1.54, 1.807) is 25.7 Å². The Kier molecular flexibility index (Phi) is 6.26. The molecule has 13 heteroatoms. The first-order valence-electron chi connectivity index (χ1n) is 8.35. The Morgan fingerprint density at radius 2 is 1.86 bits per heavy atom. The number of nitrogens with zero attached hydrogens (tertiary/aromatic N) is 3. The summed E-state index contributed by atoms with van der Waals surface area (Å²) in [6, 6.07) is 0.778. The van der Waals surface area contributed by atoms with Crippen molar-refractivity contribution in [3.63, 3.8) is 0 Å². The van der Waals surface area contributed by atoms with E-state index in [4.69, 9.17) is 4.74 Å². The summed E-state index contributed by atoms with van der Waals surface area (Å²) in [5.41, 5.74) is -6.17. The number of carbonyl (C=O) groups excluding carboxylic acids is 1. The molecule has 0 bridgehead atoms. The molecule has 0 aromatic carbocycles. The smallest absolute Gasteiger partial charge is 0.444 e. The van der Waals surface area contributed by atoms with Crippen molar-refractivity contribution >= 4 is 22.2 Å². The minimum atomic E-state index is -5.81. The van der Waals surface area contributed by atoms with Crippen LogP contribution < -0.4 is 14.4 Å². The average Bonchev–Trinajstić information content (AvgIpc) is 2.52. The van der Waals surface area contributed by atoms with Gasteiger partial charge in [-0.3, -0.25) is 0 Å². The van der Waals surface area contributed by atoms with Gasteiger partial charge in [0.05, 0.1) is 0 Å². The van der Waals surface area contributed by atoms with Crippen LogP contribution in [0.1, 0.15) is 33.6 Å². The topological polar surface area (TPSA) is 111 Å². The maximum Gasteiger partial charge on any atom is 0.534 e. The second kappa shape index (κ2) is 7.97. The van der Waals surface area contributed by atoms with Crippen LogP contribution >= 0.6 is 0 Å². The summed E-state index contributed by atoms with van der Waals surface area (Å²) < 4.78 is 68.6. The van der Waals surface area contributed by atoms with E-state index in [-0.39, 0.29) is 12.0 Å². The Morgan fingerprint density at radius 1 is 1.25 bits per heavy atom. The third kappa shape index (κ3) is 6.11. The fourth-order valence-electron chi connectivity index (χ4n) is 2.39. The number of hydrogen-bond acceptors (Lipinski definition) is 8. The number of ether oxygens (including phenoxy) is 1. The summed E-state index contributed by atoms with van der Waals surface area (Å²) >= 11 is 0. The summed E-state index contributed by atoms with van der Waals surface area (Å²) in [6.07, 6.45) is 1.62. The lowest BCUT2D eigenvalue weighted by Gasteiger charge is -2.32. The van der Waals surface area contributed by atoms with Crippen LogP contribution in [0.4, 0.5) is 23.9 Å². The van der Waals surface area contributed by atoms with Crippen LogP contribution in [0.2, 0.25) is 0 Å². The van der Waals surface area contributed by atoms with Gasteiger partial charge in [-0.1, -0.05) is 0 Å². The van der Waals surface area contributed by atoms with E-state index in [1.807, 2.05) is 0 Å². The van der Waals surface area contributed by atoms with Gasteiger partial charge in [0, 0.05) is 31.4 Å². The molecule has 1 fully saturated rings. The third-order valence-corrected chi connectivity index (χ3v) is 4.55. The van der Waals surface area contributed by atoms with Crippen molar-refractivity contribution in [1.29, 1.82) is 0 Å². The van der Waals surface area contributed by atoms with Crippen molar-refractivity contribution in [2.45, 2.75) is 50.8 Å². The van der Waals surface area contributed by atoms with Gasteiger partial charge < -0.3 is 19.1 Å². The quantitative estimate of drug-likeness (QED) is 0.576. The summed E-state index contributed by atoms with van der Waals surface area (Å²) in [7, 11) is -5.81. The molecule has 1 saturated heterocycles. The molecule has 1 aromatic heterocycles. The molecule has 2 rings (SSSR count). The number of alkyl halides is 3. The Hall–Kier alpha value is -2.31. The van der Waals surface area contributed by atoms with Crippen LogP contribution in [0.3, 0.4) is 0 Å². The predicted molar refractivity (Wildman–Crippen MR) is 92.2 cm³/mol. The molecule has 0 saturated carbocycles. The van der Waals surface area contributed by atoms with Crippen LogP contribution in [0, 0.1) is 0 Å². The molecule has 1 aliphatic rings. The van der Waals surface area contributed by atoms with Gasteiger partial charge in [-0.05, 0) is 33.6 Å². The highest BCUT2D eigenvalue weighted by Gasteiger charge is 2.49. The molecule has 1 N–H and O–H groups in total. The van der Waals surface area contributed by atoms with Crippen LogP contribution in [0.5, 0.6) is 5.88 Å². The second-order valence-corrected chi connectivity index (χ2v) is 8.62. The van der Waals surface area contributed by atoms with Gasteiger partial charge in [-0.2, -0.15) is 26.6 Å². The molecule has 1 amide bonds. The maximum absolute atomic E-state index is 12.4. The number of carbonyl (C=O) groups is 1. The van der Waals surface area contributed by atoms with Gasteiger partial charge in [0.15, 0.2) is 0 Å². The second-order valence-electron chi connectivity index (χ2n) is 7.09. The van der Waals surface area contributed by atoms with E-state index >= 15 is 0 Å². The molecular weight excluding hydrogens is 405 g/mol. The van der Waals surface area contributed by atoms with Crippen LogP contribution in [-0.4, -0.2) is 54.7 Å². The highest BCUT2D eigenvalue weighted by atomic mass is 32.2. The first kappa shape index (κ1) is 22.0. The van der Waals surface area contributed by atoms with Crippen LogP contribution in [-0.2, 0) is 14.9 Å². The molecule has 0 aliphatic carbocycles. The standard InChI is InChI=1S/C15H21F3N4O5S/c1-14(2,3)26-13(23)20-10-5-8-22(9-6-10)12-19-7-4-11(21-12)27-28(24,25)15(16,17)18/h4,7,10H,5-6,8-9H2,1-3H3,(H,20,23). The Morgan fingerprint density at radius 3 is 2.39 bits per heavy atom. The van der Waals surface area contributed by atoms with Gasteiger partial charge in [0.1, 0.15) is 5.60 Å². The molecule has 9 nitrogen and oxygen atoms in total. The Bertz CT molecular complexity index is 803. The fraction of sp³-hybridized carbons (Fsp3) is 0.667. The zero-order valence-electron chi connectivity index (χ0n) is 15.5. The highest BCUT2D eigenvalue weighted by Crippen LogP contribution is 2.27. The average molecular weight is 426 g/mol. The lowest BCUT2D eigenvalue weighted by atomic mass is 10.1. The SMILES string of the molecule is CC(C)(C)OC(=O)NC1CCN(c2nccc(OS(=O)(=O)C(F)(F)F)n2)CC1. The van der Waals surface area contributed by atoms with Crippen molar-refractivity contribution in [3.8, 4) is 5.88 Å². The van der Waals surface area contributed by atoms with Crippen molar-refractivity contribution in [3.05, 3.63) is 12.3 Å². The molecule has 28 heavy (non-hydrogen) atoms. The first-order valence-corrected chi connectivity index (χ1v) is 9.76. The van der Waals surface area contributed by atoms with E-state index in [0.717, 1.165) is 12.3 Å². The molecule has 158 valence electrons. The van der Waals surface area contributed by atoms with Crippen molar-refractivity contribution in [2.24, 2.45) is 0 Å². The van der Waals surface area contributed by atoms with Crippen molar-refractivity contribution in [1.82, 2.24) is 15.3 Å². The van der Waals surface area contributed by atoms with Gasteiger partial charge in [-0.25, -0.2) is 9.78 Å². The number of nitrogens with one attached hydrogen (secondary N) is 1. The largest absolute Gasteiger partial charge is 0.534 e. The minimum absolute atomic E-state index is 0.0330. The van der Waals surface area contributed by atoms with E-state index in [2.05, 4.69) is 19.5 Å². The Balaban J connectivity index is 1.95. The zero-order chi connectivity index (χ0) is 21.2. The number of anilines is 1. The number of alkyl carbamates (subject to hydrolysis) is 1. The number of halogens is 3. The Labute approximate surface area is 160 Å². The zero-order valence-corrected chi connectivity index (χ0v) is 16.3. The minimum Gasteiger partial charge on any atom is -0.444 e. The summed E-state index contributed by atoms with van der Waals surface area (Å²) in [4.78, 5) is 21.1. The summed E-state index contributed by atoms with van der Waals surface area (Å²) in [5, 5.41) is 2.75. The molecule has 2 heterocycles. The van der Waals surface area contributed by atoms with Crippen LogP contribution in [0.15, 0.2) is 12.3 Å². The predicted octanol–water partition coefficient (Wildman–Crippen LogP) is 2.20. The number of amides is 1. The molecule has 0 atom stereocenters.